The summed E-state index contributed by atoms with van der Waals surface area (Å²) in [5, 5.41) is 41.4. The average Bonchev–Trinajstić information content (AvgIpc) is 2.78. The van der Waals surface area contributed by atoms with Crippen molar-refractivity contribution in [3.63, 3.8) is 0 Å². The lowest BCUT2D eigenvalue weighted by molar-refractivity contribution is -0.271. The summed E-state index contributed by atoms with van der Waals surface area (Å²) < 4.78 is 15.9. The van der Waals surface area contributed by atoms with Crippen molar-refractivity contribution in [2.45, 2.75) is 77.3 Å². The molecule has 0 saturated carbocycles. The van der Waals surface area contributed by atoms with Gasteiger partial charge in [0.2, 0.25) is 6.29 Å². The van der Waals surface area contributed by atoms with Gasteiger partial charge in [-0.15, -0.1) is 0 Å². The highest BCUT2D eigenvalue weighted by Gasteiger charge is 2.48. The van der Waals surface area contributed by atoms with Gasteiger partial charge >= 0.3 is 12.1 Å². The third-order valence-electron chi connectivity index (χ3n) is 4.85. The summed E-state index contributed by atoms with van der Waals surface area (Å²) in [5.41, 5.74) is 1.44. The molecule has 10 nitrogen and oxygen atoms in total. The maximum Gasteiger partial charge on any atom is 0.407 e. The predicted octanol–water partition coefficient (Wildman–Crippen LogP) is 1.35. The van der Waals surface area contributed by atoms with E-state index in [9.17, 15) is 24.9 Å². The number of amides is 1. The van der Waals surface area contributed by atoms with Crippen molar-refractivity contribution in [3.8, 4) is 5.75 Å². The van der Waals surface area contributed by atoms with Crippen LogP contribution in [0.5, 0.6) is 5.75 Å². The van der Waals surface area contributed by atoms with Crippen molar-refractivity contribution < 1.29 is 44.2 Å². The molecule has 0 radical (unpaired) electrons. The second-order valence-corrected chi connectivity index (χ2v) is 6.86. The number of alkyl carbamates (subject to hydrolysis) is 1. The van der Waals surface area contributed by atoms with Crippen molar-refractivity contribution in [2.24, 2.45) is 0 Å². The highest BCUT2D eigenvalue weighted by molar-refractivity contribution is 5.73. The Balaban J connectivity index is 0.00000233. The van der Waals surface area contributed by atoms with E-state index >= 15 is 0 Å². The monoisotopic (exact) mass is 443 g/mol. The molecule has 0 aromatic heterocycles. The predicted molar refractivity (Wildman–Crippen MR) is 111 cm³/mol. The smallest absolute Gasteiger partial charge is 0.407 e. The van der Waals surface area contributed by atoms with Crippen LogP contribution in [0.1, 0.15) is 51.2 Å². The Bertz CT molecular complexity index is 727. The van der Waals surface area contributed by atoms with E-state index < -0.39 is 42.8 Å². The molecule has 2 rings (SSSR count). The molecular formula is C21H33NO9. The third-order valence-corrected chi connectivity index (χ3v) is 4.85. The number of ether oxygens (including phenoxy) is 3. The van der Waals surface area contributed by atoms with Crippen molar-refractivity contribution in [3.05, 3.63) is 29.3 Å². The van der Waals surface area contributed by atoms with Crippen molar-refractivity contribution in [1.29, 1.82) is 0 Å². The number of carbonyl (C=O) groups is 2. The molecule has 1 saturated heterocycles. The highest BCUT2D eigenvalue weighted by Crippen LogP contribution is 2.33. The number of nitrogens with one attached hydrogen (secondary N) is 1. The first-order chi connectivity index (χ1) is 14.7. The number of aliphatic hydroxyl groups is 3. The normalized spacial score (nSPS) is 26.1. The van der Waals surface area contributed by atoms with E-state index in [2.05, 4.69) is 5.32 Å². The van der Waals surface area contributed by atoms with Crippen molar-refractivity contribution >= 4 is 12.1 Å². The van der Waals surface area contributed by atoms with Gasteiger partial charge in [-0.05, 0) is 35.6 Å². The van der Waals surface area contributed by atoms with Crippen LogP contribution in [0.2, 0.25) is 0 Å². The SMILES string of the molecule is CC.CCC(C)c1cc(COC(=O)NC)ccc1OC1OC(C(=O)O)C(O)C(O)C1O. The van der Waals surface area contributed by atoms with Crippen LogP contribution in [0.3, 0.4) is 0 Å². The van der Waals surface area contributed by atoms with E-state index in [-0.39, 0.29) is 12.5 Å². The Morgan fingerprint density at radius 2 is 1.81 bits per heavy atom. The number of carboxylic acid groups (broad SMARTS) is 1. The summed E-state index contributed by atoms with van der Waals surface area (Å²) in [6.07, 6.45) is -8.25. The molecule has 5 N–H and O–H groups in total. The van der Waals surface area contributed by atoms with E-state index in [4.69, 9.17) is 19.3 Å². The van der Waals surface area contributed by atoms with Gasteiger partial charge in [-0.1, -0.05) is 33.8 Å². The van der Waals surface area contributed by atoms with Crippen molar-refractivity contribution in [1.82, 2.24) is 5.32 Å². The van der Waals surface area contributed by atoms with Gasteiger partial charge in [-0.2, -0.15) is 0 Å². The largest absolute Gasteiger partial charge is 0.479 e. The number of hydrogen-bond donors (Lipinski definition) is 5. The van der Waals surface area contributed by atoms with E-state index in [0.29, 0.717) is 11.3 Å². The molecule has 0 aliphatic carbocycles. The fourth-order valence-electron chi connectivity index (χ4n) is 2.90. The molecule has 176 valence electrons. The summed E-state index contributed by atoms with van der Waals surface area (Å²) in [6, 6.07) is 5.02. The molecule has 1 aromatic rings. The first-order valence-electron chi connectivity index (χ1n) is 10.3. The van der Waals surface area contributed by atoms with Gasteiger partial charge in [-0.3, -0.25) is 0 Å². The first kappa shape index (κ1) is 26.6. The molecule has 31 heavy (non-hydrogen) atoms. The summed E-state index contributed by atoms with van der Waals surface area (Å²) in [7, 11) is 1.45. The lowest BCUT2D eigenvalue weighted by Gasteiger charge is -2.38. The molecule has 1 fully saturated rings. The molecule has 1 heterocycles. The number of benzene rings is 1. The van der Waals surface area contributed by atoms with Gasteiger partial charge in [0.05, 0.1) is 0 Å². The minimum absolute atomic E-state index is 0.0245. The molecule has 0 bridgehead atoms. The van der Waals surface area contributed by atoms with Gasteiger partial charge in [0.25, 0.3) is 0 Å². The Morgan fingerprint density at radius 1 is 1.16 bits per heavy atom. The zero-order chi connectivity index (χ0) is 23.7. The summed E-state index contributed by atoms with van der Waals surface area (Å²) in [4.78, 5) is 22.5. The van der Waals surface area contributed by atoms with Gasteiger partial charge in [0.15, 0.2) is 6.10 Å². The van der Waals surface area contributed by atoms with Gasteiger partial charge in [-0.25, -0.2) is 9.59 Å². The van der Waals surface area contributed by atoms with E-state index in [0.717, 1.165) is 12.0 Å². The highest BCUT2D eigenvalue weighted by atomic mass is 16.7. The maximum atomic E-state index is 11.3. The summed E-state index contributed by atoms with van der Waals surface area (Å²) in [5.74, 6) is -1.14. The van der Waals surface area contributed by atoms with Crippen LogP contribution in [0.15, 0.2) is 18.2 Å². The number of aliphatic hydroxyl groups excluding tert-OH is 3. The minimum atomic E-state index is -1.79. The molecule has 6 unspecified atom stereocenters. The van der Waals surface area contributed by atoms with Crippen LogP contribution >= 0.6 is 0 Å². The Kier molecular flexibility index (Phi) is 10.7. The molecule has 1 aliphatic rings. The van der Waals surface area contributed by atoms with Crippen LogP contribution in [-0.4, -0.2) is 70.2 Å². The van der Waals surface area contributed by atoms with Crippen LogP contribution in [0, 0.1) is 0 Å². The number of hydrogen-bond acceptors (Lipinski definition) is 8. The molecule has 10 heteroatoms. The molecule has 1 aromatic carbocycles. The summed E-state index contributed by atoms with van der Waals surface area (Å²) >= 11 is 0. The second kappa shape index (κ2) is 12.5. The fraction of sp³-hybridized carbons (Fsp3) is 0.619. The lowest BCUT2D eigenvalue weighted by Crippen LogP contribution is -2.61. The average molecular weight is 443 g/mol. The molecular weight excluding hydrogens is 410 g/mol. The van der Waals surface area contributed by atoms with Gasteiger partial charge in [0.1, 0.15) is 30.7 Å². The van der Waals surface area contributed by atoms with Crippen LogP contribution < -0.4 is 10.1 Å². The molecule has 1 aliphatic heterocycles. The topological polar surface area (TPSA) is 155 Å². The number of rotatable bonds is 7. The van der Waals surface area contributed by atoms with E-state index in [1.807, 2.05) is 27.7 Å². The third kappa shape index (κ3) is 6.79. The lowest BCUT2D eigenvalue weighted by atomic mass is 9.95. The first-order valence-corrected chi connectivity index (χ1v) is 10.3. The fourth-order valence-corrected chi connectivity index (χ4v) is 2.90. The van der Waals surface area contributed by atoms with E-state index in [1.54, 1.807) is 18.2 Å². The van der Waals surface area contributed by atoms with Gasteiger partial charge in [0, 0.05) is 7.05 Å². The van der Waals surface area contributed by atoms with Crippen LogP contribution in [0.4, 0.5) is 4.79 Å². The molecule has 1 amide bonds. The maximum absolute atomic E-state index is 11.3. The standard InChI is InChI=1S/C19H27NO9.C2H6/c1-4-9(2)11-7-10(8-27-19(26)20-3)5-6-12(11)28-18-15(23)13(21)14(22)16(29-18)17(24)25;1-2/h5-7,9,13-16,18,21-23H,4,8H2,1-3H3,(H,20,26)(H,24,25);1-2H3. The van der Waals surface area contributed by atoms with E-state index in [1.165, 1.54) is 7.05 Å². The zero-order valence-corrected chi connectivity index (χ0v) is 18.4. The number of carboxylic acids is 1. The molecule has 6 atom stereocenters. The minimum Gasteiger partial charge on any atom is -0.479 e. The second-order valence-electron chi connectivity index (χ2n) is 6.86. The Labute approximate surface area is 181 Å². The zero-order valence-electron chi connectivity index (χ0n) is 18.4. The quantitative estimate of drug-likeness (QED) is 0.420. The van der Waals surface area contributed by atoms with Crippen molar-refractivity contribution in [2.75, 3.05) is 7.05 Å². The molecule has 0 spiro atoms. The number of carbonyl (C=O) groups excluding carboxylic acids is 1. The Morgan fingerprint density at radius 3 is 2.35 bits per heavy atom. The summed E-state index contributed by atoms with van der Waals surface area (Å²) in [6.45, 7) is 7.95. The van der Waals surface area contributed by atoms with Gasteiger partial charge < -0.3 is 40.0 Å². The number of aliphatic carboxylic acids is 1. The van der Waals surface area contributed by atoms with Crippen LogP contribution in [0.25, 0.3) is 0 Å². The van der Waals surface area contributed by atoms with Crippen LogP contribution in [-0.2, 0) is 20.9 Å². The Hall–Kier alpha value is -2.40.